The second kappa shape index (κ2) is 8.56. The Morgan fingerprint density at radius 1 is 1.03 bits per heavy atom. The number of para-hydroxylation sites is 3. The molecule has 0 bridgehead atoms. The Hall–Kier alpha value is -3.67. The number of hydrogen-bond donors (Lipinski definition) is 1. The summed E-state index contributed by atoms with van der Waals surface area (Å²) >= 11 is 0. The lowest BCUT2D eigenvalue weighted by molar-refractivity contribution is -0.121. The average molecular weight is 386 g/mol. The number of amides is 1. The van der Waals surface area contributed by atoms with Gasteiger partial charge in [-0.25, -0.2) is 9.97 Å². The normalized spacial score (nSPS) is 10.8. The van der Waals surface area contributed by atoms with Crippen LogP contribution in [0, 0.1) is 0 Å². The SMILES string of the molecule is COc1ccc(CNC(=O)CCc2nc3ccccc3n2-c2ccccc2)cn1. The molecule has 6 heteroatoms. The van der Waals surface area contributed by atoms with Gasteiger partial charge in [0.2, 0.25) is 11.8 Å². The molecule has 0 fully saturated rings. The van der Waals surface area contributed by atoms with E-state index >= 15 is 0 Å². The van der Waals surface area contributed by atoms with Gasteiger partial charge in [-0.1, -0.05) is 36.4 Å². The van der Waals surface area contributed by atoms with Gasteiger partial charge in [-0.05, 0) is 29.8 Å². The number of carbonyl (C=O) groups excluding carboxylic acids is 1. The first-order valence-electron chi connectivity index (χ1n) is 9.52. The number of aromatic nitrogens is 3. The van der Waals surface area contributed by atoms with Crippen LogP contribution in [0.1, 0.15) is 17.8 Å². The summed E-state index contributed by atoms with van der Waals surface area (Å²) in [5.74, 6) is 1.41. The quantitative estimate of drug-likeness (QED) is 0.526. The summed E-state index contributed by atoms with van der Waals surface area (Å²) in [4.78, 5) is 21.3. The fourth-order valence-electron chi connectivity index (χ4n) is 3.26. The molecule has 2 heterocycles. The van der Waals surface area contributed by atoms with Gasteiger partial charge in [0, 0.05) is 37.3 Å². The first-order valence-corrected chi connectivity index (χ1v) is 9.52. The predicted octanol–water partition coefficient (Wildman–Crippen LogP) is 3.68. The van der Waals surface area contributed by atoms with E-state index in [1.807, 2.05) is 54.6 Å². The molecule has 29 heavy (non-hydrogen) atoms. The van der Waals surface area contributed by atoms with Crippen LogP contribution in [-0.4, -0.2) is 27.6 Å². The van der Waals surface area contributed by atoms with Crippen LogP contribution in [-0.2, 0) is 17.8 Å². The van der Waals surface area contributed by atoms with Gasteiger partial charge in [0.15, 0.2) is 0 Å². The van der Waals surface area contributed by atoms with E-state index in [1.165, 1.54) is 0 Å². The lowest BCUT2D eigenvalue weighted by Crippen LogP contribution is -2.23. The van der Waals surface area contributed by atoms with Crippen LogP contribution in [0.3, 0.4) is 0 Å². The zero-order valence-electron chi connectivity index (χ0n) is 16.2. The van der Waals surface area contributed by atoms with Crippen LogP contribution in [0.5, 0.6) is 5.88 Å². The number of nitrogens with zero attached hydrogens (tertiary/aromatic N) is 3. The number of hydrogen-bond acceptors (Lipinski definition) is 4. The molecule has 4 rings (SSSR count). The third kappa shape index (κ3) is 4.27. The topological polar surface area (TPSA) is 69.0 Å². The third-order valence-corrected chi connectivity index (χ3v) is 4.72. The molecule has 0 unspecified atom stereocenters. The Kier molecular flexibility index (Phi) is 5.52. The first-order chi connectivity index (χ1) is 14.2. The third-order valence-electron chi connectivity index (χ3n) is 4.72. The van der Waals surface area contributed by atoms with Crippen molar-refractivity contribution >= 4 is 16.9 Å². The Bertz CT molecular complexity index is 1100. The van der Waals surface area contributed by atoms with Crippen LogP contribution in [0.15, 0.2) is 72.9 Å². The zero-order chi connectivity index (χ0) is 20.1. The van der Waals surface area contributed by atoms with Gasteiger partial charge >= 0.3 is 0 Å². The second-order valence-corrected chi connectivity index (χ2v) is 6.67. The smallest absolute Gasteiger partial charge is 0.220 e. The van der Waals surface area contributed by atoms with E-state index in [1.54, 1.807) is 19.4 Å². The Balaban J connectivity index is 1.46. The maximum atomic E-state index is 12.4. The highest BCUT2D eigenvalue weighted by Crippen LogP contribution is 2.22. The minimum absolute atomic E-state index is 0.0208. The van der Waals surface area contributed by atoms with Crippen LogP contribution in [0.2, 0.25) is 0 Å². The lowest BCUT2D eigenvalue weighted by Gasteiger charge is -2.10. The highest BCUT2D eigenvalue weighted by Gasteiger charge is 2.13. The average Bonchev–Trinajstić information content (AvgIpc) is 3.15. The number of methoxy groups -OCH3 is 1. The number of rotatable bonds is 7. The van der Waals surface area contributed by atoms with Gasteiger partial charge in [-0.3, -0.25) is 9.36 Å². The molecule has 2 aromatic heterocycles. The molecule has 1 amide bonds. The van der Waals surface area contributed by atoms with Crippen molar-refractivity contribution in [1.82, 2.24) is 19.9 Å². The molecule has 0 atom stereocenters. The monoisotopic (exact) mass is 386 g/mol. The summed E-state index contributed by atoms with van der Waals surface area (Å²) in [5.41, 5.74) is 3.94. The number of imidazole rings is 1. The molecule has 0 aliphatic heterocycles. The number of aryl methyl sites for hydroxylation is 1. The van der Waals surface area contributed by atoms with Gasteiger partial charge in [-0.2, -0.15) is 0 Å². The molecular weight excluding hydrogens is 364 g/mol. The summed E-state index contributed by atoms with van der Waals surface area (Å²) in [6.07, 6.45) is 2.62. The summed E-state index contributed by atoms with van der Waals surface area (Å²) < 4.78 is 7.17. The van der Waals surface area contributed by atoms with Crippen LogP contribution >= 0.6 is 0 Å². The molecule has 2 aromatic carbocycles. The first kappa shape index (κ1) is 18.7. The van der Waals surface area contributed by atoms with E-state index in [0.29, 0.717) is 25.3 Å². The van der Waals surface area contributed by atoms with Gasteiger partial charge in [0.1, 0.15) is 5.82 Å². The fourth-order valence-corrected chi connectivity index (χ4v) is 3.26. The van der Waals surface area contributed by atoms with E-state index in [9.17, 15) is 4.79 Å². The standard InChI is InChI=1S/C23H22N4O2/c1-29-23-14-11-17(16-25-23)15-24-22(28)13-12-21-26-19-9-5-6-10-20(19)27(21)18-7-3-2-4-8-18/h2-11,14,16H,12-13,15H2,1H3,(H,24,28). The molecular formula is C23H22N4O2. The van der Waals surface area contributed by atoms with E-state index in [-0.39, 0.29) is 5.91 Å². The molecule has 6 nitrogen and oxygen atoms in total. The summed E-state index contributed by atoms with van der Waals surface area (Å²) in [6.45, 7) is 0.435. The van der Waals surface area contributed by atoms with Crippen molar-refractivity contribution in [3.63, 3.8) is 0 Å². The molecule has 0 spiro atoms. The van der Waals surface area contributed by atoms with Gasteiger partial charge in [0.25, 0.3) is 0 Å². The minimum atomic E-state index is -0.0208. The van der Waals surface area contributed by atoms with E-state index in [0.717, 1.165) is 28.1 Å². The molecule has 0 aliphatic carbocycles. The van der Waals surface area contributed by atoms with Crippen molar-refractivity contribution in [3.8, 4) is 11.6 Å². The Labute approximate surface area is 169 Å². The maximum absolute atomic E-state index is 12.4. The van der Waals surface area contributed by atoms with Gasteiger partial charge in [-0.15, -0.1) is 0 Å². The fraction of sp³-hybridized carbons (Fsp3) is 0.174. The Morgan fingerprint density at radius 2 is 1.83 bits per heavy atom. The van der Waals surface area contributed by atoms with Crippen molar-refractivity contribution in [2.24, 2.45) is 0 Å². The summed E-state index contributed by atoms with van der Waals surface area (Å²) in [7, 11) is 1.58. The maximum Gasteiger partial charge on any atom is 0.220 e. The number of nitrogens with one attached hydrogen (secondary N) is 1. The molecule has 0 saturated carbocycles. The zero-order valence-corrected chi connectivity index (χ0v) is 16.2. The predicted molar refractivity (Wildman–Crippen MR) is 112 cm³/mol. The molecule has 4 aromatic rings. The highest BCUT2D eigenvalue weighted by molar-refractivity contribution is 5.79. The molecule has 0 radical (unpaired) electrons. The number of ether oxygens (including phenoxy) is 1. The van der Waals surface area contributed by atoms with Crippen molar-refractivity contribution in [3.05, 3.63) is 84.3 Å². The molecule has 1 N–H and O–H groups in total. The number of pyridine rings is 1. The molecule has 0 aliphatic rings. The van der Waals surface area contributed by atoms with Crippen molar-refractivity contribution in [1.29, 1.82) is 0 Å². The Morgan fingerprint density at radius 3 is 2.59 bits per heavy atom. The van der Waals surface area contributed by atoms with Crippen molar-refractivity contribution in [2.45, 2.75) is 19.4 Å². The second-order valence-electron chi connectivity index (χ2n) is 6.67. The van der Waals surface area contributed by atoms with Gasteiger partial charge in [0.05, 0.1) is 18.1 Å². The van der Waals surface area contributed by atoms with E-state index < -0.39 is 0 Å². The summed E-state index contributed by atoms with van der Waals surface area (Å²) in [5, 5.41) is 2.94. The van der Waals surface area contributed by atoms with E-state index in [2.05, 4.69) is 20.9 Å². The number of carbonyl (C=O) groups is 1. The number of fused-ring (bicyclic) bond motifs is 1. The summed E-state index contributed by atoms with van der Waals surface area (Å²) in [6, 6.07) is 21.8. The van der Waals surface area contributed by atoms with Crippen LogP contribution in [0.25, 0.3) is 16.7 Å². The number of benzene rings is 2. The van der Waals surface area contributed by atoms with E-state index in [4.69, 9.17) is 9.72 Å². The van der Waals surface area contributed by atoms with Crippen LogP contribution < -0.4 is 10.1 Å². The molecule has 0 saturated heterocycles. The largest absolute Gasteiger partial charge is 0.481 e. The molecule has 146 valence electrons. The van der Waals surface area contributed by atoms with Crippen molar-refractivity contribution in [2.75, 3.05) is 7.11 Å². The highest BCUT2D eigenvalue weighted by atomic mass is 16.5. The van der Waals surface area contributed by atoms with Gasteiger partial charge < -0.3 is 10.1 Å². The minimum Gasteiger partial charge on any atom is -0.481 e. The lowest BCUT2D eigenvalue weighted by atomic mass is 10.2. The van der Waals surface area contributed by atoms with Crippen molar-refractivity contribution < 1.29 is 9.53 Å². The van der Waals surface area contributed by atoms with Crippen LogP contribution in [0.4, 0.5) is 0 Å².